The zero-order valence-electron chi connectivity index (χ0n) is 26.7. The molecular weight excluding hydrogens is 536 g/mol. The molecule has 1 heterocycles. The fraction of sp³-hybridized carbons (Fsp3) is 0.417. The van der Waals surface area contributed by atoms with Crippen molar-refractivity contribution in [2.45, 2.75) is 79.8 Å². The van der Waals surface area contributed by atoms with Gasteiger partial charge in [-0.3, -0.25) is 9.59 Å². The lowest BCUT2D eigenvalue weighted by Crippen LogP contribution is -2.42. The molecule has 0 fully saturated rings. The van der Waals surface area contributed by atoms with Gasteiger partial charge in [0.25, 0.3) is 5.91 Å². The maximum absolute atomic E-state index is 13.5. The third-order valence-electron chi connectivity index (χ3n) is 7.78. The van der Waals surface area contributed by atoms with Gasteiger partial charge in [-0.1, -0.05) is 69.5 Å². The maximum Gasteiger partial charge on any atom is 0.251 e. The second-order valence-corrected chi connectivity index (χ2v) is 11.2. The minimum absolute atomic E-state index is 0.0300. The first-order chi connectivity index (χ1) is 20.7. The lowest BCUT2D eigenvalue weighted by molar-refractivity contribution is -0.113. The number of hydrogen-bond acceptors (Lipinski definition) is 5. The van der Waals surface area contributed by atoms with Crippen molar-refractivity contribution in [1.82, 2.24) is 5.32 Å². The number of nitrogens with two attached hydrogens (primary N) is 1. The zero-order chi connectivity index (χ0) is 31.4. The number of fused-ring (bicyclic) bond motifs is 1. The molecule has 0 radical (unpaired) electrons. The van der Waals surface area contributed by atoms with Crippen LogP contribution in [0.4, 0.5) is 5.69 Å². The van der Waals surface area contributed by atoms with Crippen LogP contribution in [0.1, 0.15) is 82.3 Å². The Bertz CT molecular complexity index is 1390. The zero-order valence-corrected chi connectivity index (χ0v) is 26.7. The SMILES string of the molecule is C\C=C/C(=C\C=C(/C)N=C(N)C(C)NC(=O)c1ccc(CC(CC)CCC)c(N2CCOc3ccccc3C2)c1)C(C)=O. The van der Waals surface area contributed by atoms with Gasteiger partial charge in [0.1, 0.15) is 18.2 Å². The van der Waals surface area contributed by atoms with Crippen molar-refractivity contribution in [3.05, 3.63) is 94.7 Å². The Morgan fingerprint density at radius 1 is 1.14 bits per heavy atom. The van der Waals surface area contributed by atoms with Crippen LogP contribution in [0.15, 0.2) is 83.0 Å². The number of ether oxygens (including phenoxy) is 1. The van der Waals surface area contributed by atoms with E-state index in [1.807, 2.05) is 57.2 Å². The summed E-state index contributed by atoms with van der Waals surface area (Å²) in [5.74, 6) is 1.55. The number of hydrogen-bond donors (Lipinski definition) is 2. The van der Waals surface area contributed by atoms with Crippen LogP contribution < -0.4 is 20.7 Å². The molecule has 7 heteroatoms. The summed E-state index contributed by atoms with van der Waals surface area (Å²) in [6.07, 6.45) is 11.4. The molecule has 2 aromatic carbocycles. The number of para-hydroxylation sites is 1. The maximum atomic E-state index is 13.5. The second kappa shape index (κ2) is 16.5. The highest BCUT2D eigenvalue weighted by Gasteiger charge is 2.22. The van der Waals surface area contributed by atoms with Crippen LogP contribution in [-0.4, -0.2) is 36.7 Å². The minimum atomic E-state index is -0.488. The van der Waals surface area contributed by atoms with Crippen molar-refractivity contribution in [1.29, 1.82) is 0 Å². The van der Waals surface area contributed by atoms with Crippen LogP contribution in [0.3, 0.4) is 0 Å². The number of ketones is 1. The van der Waals surface area contributed by atoms with Crippen LogP contribution in [0.2, 0.25) is 0 Å². The highest BCUT2D eigenvalue weighted by molar-refractivity contribution is 5.99. The lowest BCUT2D eigenvalue weighted by atomic mass is 9.91. The molecule has 3 N–H and O–H groups in total. The van der Waals surface area contributed by atoms with E-state index in [1.165, 1.54) is 18.9 Å². The molecule has 43 heavy (non-hydrogen) atoms. The summed E-state index contributed by atoms with van der Waals surface area (Å²) in [7, 11) is 0. The summed E-state index contributed by atoms with van der Waals surface area (Å²) >= 11 is 0. The Hall–Kier alpha value is -4.13. The predicted octanol–water partition coefficient (Wildman–Crippen LogP) is 6.93. The number of allylic oxidation sites excluding steroid dienone is 6. The van der Waals surface area contributed by atoms with Gasteiger partial charge < -0.3 is 20.7 Å². The number of anilines is 1. The minimum Gasteiger partial charge on any atom is -0.491 e. The Kier molecular flexibility index (Phi) is 12.8. The van der Waals surface area contributed by atoms with E-state index in [0.29, 0.717) is 35.9 Å². The molecule has 230 valence electrons. The summed E-state index contributed by atoms with van der Waals surface area (Å²) in [4.78, 5) is 32.0. The van der Waals surface area contributed by atoms with E-state index < -0.39 is 6.04 Å². The third-order valence-corrected chi connectivity index (χ3v) is 7.78. The molecular formula is C36H48N4O3. The quantitative estimate of drug-likeness (QED) is 0.115. The number of aliphatic imine (C=N–C) groups is 1. The van der Waals surface area contributed by atoms with Gasteiger partial charge in [-0.25, -0.2) is 4.99 Å². The van der Waals surface area contributed by atoms with Crippen molar-refractivity contribution < 1.29 is 14.3 Å². The highest BCUT2D eigenvalue weighted by atomic mass is 16.5. The number of carbonyl (C=O) groups excluding carboxylic acids is 2. The van der Waals surface area contributed by atoms with Gasteiger partial charge in [-0.2, -0.15) is 0 Å². The summed E-state index contributed by atoms with van der Waals surface area (Å²) in [6, 6.07) is 13.7. The molecule has 0 bridgehead atoms. The predicted molar refractivity (Wildman–Crippen MR) is 178 cm³/mol. The average Bonchev–Trinajstić information content (AvgIpc) is 3.21. The normalized spacial score (nSPS) is 15.9. The molecule has 2 unspecified atom stereocenters. The van der Waals surface area contributed by atoms with Gasteiger partial charge in [0.2, 0.25) is 0 Å². The van der Waals surface area contributed by atoms with Gasteiger partial charge in [-0.15, -0.1) is 0 Å². The third kappa shape index (κ3) is 9.70. The number of carbonyl (C=O) groups is 2. The number of rotatable bonds is 13. The van der Waals surface area contributed by atoms with E-state index in [-0.39, 0.29) is 17.5 Å². The molecule has 0 aliphatic carbocycles. The van der Waals surface area contributed by atoms with Gasteiger partial charge in [0.15, 0.2) is 5.78 Å². The van der Waals surface area contributed by atoms with Crippen molar-refractivity contribution in [2.75, 3.05) is 18.1 Å². The van der Waals surface area contributed by atoms with E-state index in [0.717, 1.165) is 42.8 Å². The van der Waals surface area contributed by atoms with E-state index in [9.17, 15) is 9.59 Å². The molecule has 0 aromatic heterocycles. The Morgan fingerprint density at radius 2 is 1.91 bits per heavy atom. The van der Waals surface area contributed by atoms with Crippen molar-refractivity contribution in [3.63, 3.8) is 0 Å². The molecule has 0 spiro atoms. The van der Waals surface area contributed by atoms with Gasteiger partial charge >= 0.3 is 0 Å². The largest absolute Gasteiger partial charge is 0.491 e. The number of amidine groups is 1. The number of nitrogens with one attached hydrogen (secondary N) is 1. The standard InChI is InChI=1S/C36H48N4O3/c1-7-12-28(9-3)22-30-18-19-31(23-33(30)40-20-21-43-34-15-11-10-14-32(34)24-40)36(42)39-26(5)35(37)38-25(4)16-17-29(13-8-2)27(6)41/h8,10-11,13-19,23,26,28H,7,9,12,20-22,24H2,1-6H3,(H2,37,38)(H,39,42)/b13-8-,25-16+,29-17+. The van der Waals surface area contributed by atoms with Gasteiger partial charge in [0, 0.05) is 34.6 Å². The molecule has 1 amide bonds. The van der Waals surface area contributed by atoms with Gasteiger partial charge in [0.05, 0.1) is 12.6 Å². The molecule has 0 saturated carbocycles. The Morgan fingerprint density at radius 3 is 2.60 bits per heavy atom. The van der Waals surface area contributed by atoms with Gasteiger partial charge in [-0.05, 0) is 75.9 Å². The first-order valence-corrected chi connectivity index (χ1v) is 15.4. The second-order valence-electron chi connectivity index (χ2n) is 11.2. The van der Waals surface area contributed by atoms with E-state index in [1.54, 1.807) is 18.2 Å². The molecule has 0 saturated heterocycles. The average molecular weight is 585 g/mol. The van der Waals surface area contributed by atoms with Crippen molar-refractivity contribution >= 4 is 23.2 Å². The van der Waals surface area contributed by atoms with Crippen LogP contribution in [0.25, 0.3) is 0 Å². The van der Waals surface area contributed by atoms with E-state index in [4.69, 9.17) is 10.5 Å². The lowest BCUT2D eigenvalue weighted by Gasteiger charge is -2.27. The summed E-state index contributed by atoms with van der Waals surface area (Å²) in [5, 5.41) is 3.01. The van der Waals surface area contributed by atoms with E-state index in [2.05, 4.69) is 41.2 Å². The number of nitrogens with zero attached hydrogens (tertiary/aromatic N) is 2. The molecule has 7 nitrogen and oxygen atoms in total. The fourth-order valence-electron chi connectivity index (χ4n) is 5.25. The smallest absolute Gasteiger partial charge is 0.251 e. The monoisotopic (exact) mass is 584 g/mol. The Balaban J connectivity index is 1.86. The molecule has 2 atom stereocenters. The summed E-state index contributed by atoms with van der Waals surface area (Å²) < 4.78 is 6.05. The highest BCUT2D eigenvalue weighted by Crippen LogP contribution is 2.32. The van der Waals surface area contributed by atoms with Crippen LogP contribution >= 0.6 is 0 Å². The van der Waals surface area contributed by atoms with E-state index >= 15 is 0 Å². The number of amides is 1. The number of benzene rings is 2. The fourth-order valence-corrected chi connectivity index (χ4v) is 5.25. The molecule has 1 aliphatic rings. The van der Waals surface area contributed by atoms with Crippen molar-refractivity contribution in [3.8, 4) is 5.75 Å². The van der Waals surface area contributed by atoms with Crippen LogP contribution in [0.5, 0.6) is 5.75 Å². The Labute approximate surface area is 257 Å². The summed E-state index contributed by atoms with van der Waals surface area (Å²) in [5.41, 5.74) is 11.5. The van der Waals surface area contributed by atoms with Crippen LogP contribution in [-0.2, 0) is 17.8 Å². The molecule has 1 aliphatic heterocycles. The first-order valence-electron chi connectivity index (χ1n) is 15.4. The van der Waals surface area contributed by atoms with Crippen LogP contribution in [0, 0.1) is 5.92 Å². The van der Waals surface area contributed by atoms with Crippen molar-refractivity contribution in [2.24, 2.45) is 16.6 Å². The molecule has 2 aromatic rings. The number of Topliss-reactive ketones (excluding diaryl/α,β-unsaturated/α-hetero) is 1. The summed E-state index contributed by atoms with van der Waals surface area (Å²) in [6.45, 7) is 13.5. The first kappa shape index (κ1) is 33.4. The molecule has 3 rings (SSSR count). The topological polar surface area (TPSA) is 97.0 Å².